The van der Waals surface area contributed by atoms with Crippen molar-refractivity contribution in [1.29, 1.82) is 5.41 Å². The molecule has 124 valence electrons. The lowest BCUT2D eigenvalue weighted by atomic mass is 10.1. The molecule has 0 saturated heterocycles. The van der Waals surface area contributed by atoms with Gasteiger partial charge in [0.1, 0.15) is 12.3 Å². The van der Waals surface area contributed by atoms with Gasteiger partial charge in [-0.1, -0.05) is 43.7 Å². The van der Waals surface area contributed by atoms with Gasteiger partial charge < -0.3 is 15.6 Å². The number of benzene rings is 1. The molecule has 0 radical (unpaired) electrons. The normalized spacial score (nSPS) is 12.1. The van der Waals surface area contributed by atoms with Crippen LogP contribution in [-0.2, 0) is 11.3 Å². The van der Waals surface area contributed by atoms with Crippen LogP contribution in [0.4, 0.5) is 0 Å². The van der Waals surface area contributed by atoms with Gasteiger partial charge in [-0.25, -0.2) is 9.66 Å². The maximum absolute atomic E-state index is 7.71. The quantitative estimate of drug-likeness (QED) is 0.692. The topological polar surface area (TPSA) is 62.9 Å². The van der Waals surface area contributed by atoms with Crippen molar-refractivity contribution in [2.45, 2.75) is 46.3 Å². The Morgan fingerprint density at radius 2 is 2.04 bits per heavy atom. The molecule has 0 aliphatic carbocycles. The zero-order valence-corrected chi connectivity index (χ0v) is 14.2. The highest BCUT2D eigenvalue weighted by molar-refractivity contribution is 5.85. The van der Waals surface area contributed by atoms with Crippen LogP contribution in [0.2, 0.25) is 0 Å². The molecule has 23 heavy (non-hydrogen) atoms. The Bertz CT molecular complexity index is 621. The zero-order chi connectivity index (χ0) is 16.7. The molecular weight excluding hydrogens is 288 g/mol. The van der Waals surface area contributed by atoms with Gasteiger partial charge in [0.25, 0.3) is 0 Å². The number of nitrogens with zero attached hydrogens (tertiary/aromatic N) is 2. The third kappa shape index (κ3) is 4.20. The summed E-state index contributed by atoms with van der Waals surface area (Å²) in [6, 6.07) is 10.4. The second-order valence-electron chi connectivity index (χ2n) is 5.56. The molecule has 1 unspecified atom stereocenters. The van der Waals surface area contributed by atoms with E-state index in [1.807, 2.05) is 41.9 Å². The second-order valence-corrected chi connectivity index (χ2v) is 5.56. The number of hydrogen-bond donors (Lipinski definition) is 2. The molecule has 1 aromatic carbocycles. The van der Waals surface area contributed by atoms with Gasteiger partial charge in [-0.05, 0) is 20.3 Å². The lowest BCUT2D eigenvalue weighted by Gasteiger charge is -2.20. The van der Waals surface area contributed by atoms with Gasteiger partial charge in [0, 0.05) is 24.4 Å². The van der Waals surface area contributed by atoms with E-state index in [1.165, 1.54) is 6.21 Å². The van der Waals surface area contributed by atoms with Crippen molar-refractivity contribution in [3.05, 3.63) is 41.9 Å². The van der Waals surface area contributed by atoms with Gasteiger partial charge in [0.15, 0.2) is 5.82 Å². The van der Waals surface area contributed by atoms with Gasteiger partial charge in [-0.15, -0.1) is 0 Å². The lowest BCUT2D eigenvalue weighted by molar-refractivity contribution is 0.126. The molecule has 0 amide bonds. The van der Waals surface area contributed by atoms with Crippen molar-refractivity contribution in [3.63, 3.8) is 0 Å². The van der Waals surface area contributed by atoms with E-state index in [2.05, 4.69) is 24.3 Å². The molecule has 2 aromatic rings. The molecule has 0 fully saturated rings. The first-order valence-corrected chi connectivity index (χ1v) is 8.23. The minimum absolute atomic E-state index is 0.315. The van der Waals surface area contributed by atoms with Crippen LogP contribution < -0.4 is 5.43 Å². The number of hydrogen-bond acceptors (Lipinski definition) is 4. The van der Waals surface area contributed by atoms with Gasteiger partial charge in [-0.3, -0.25) is 0 Å². The van der Waals surface area contributed by atoms with E-state index in [9.17, 15) is 0 Å². The largest absolute Gasteiger partial charge is 0.374 e. The van der Waals surface area contributed by atoms with Crippen LogP contribution in [0.25, 0.3) is 11.3 Å². The summed E-state index contributed by atoms with van der Waals surface area (Å²) in [5.74, 6) is 0.798. The molecule has 0 bridgehead atoms. The Morgan fingerprint density at radius 3 is 2.65 bits per heavy atom. The van der Waals surface area contributed by atoms with E-state index < -0.39 is 0 Å². The average molecular weight is 314 g/mol. The third-order valence-electron chi connectivity index (χ3n) is 3.66. The summed E-state index contributed by atoms with van der Waals surface area (Å²) in [6.07, 6.45) is 3.49. The maximum atomic E-state index is 7.71. The third-order valence-corrected chi connectivity index (χ3v) is 3.66. The number of rotatable bonds is 9. The van der Waals surface area contributed by atoms with E-state index in [1.54, 1.807) is 0 Å². The highest BCUT2D eigenvalue weighted by atomic mass is 16.5. The van der Waals surface area contributed by atoms with Crippen LogP contribution >= 0.6 is 0 Å². The molecule has 2 rings (SSSR count). The van der Waals surface area contributed by atoms with E-state index in [0.29, 0.717) is 24.9 Å². The Hall–Kier alpha value is -2.14. The number of nitrogens with one attached hydrogen (secondary N) is 2. The van der Waals surface area contributed by atoms with Gasteiger partial charge in [-0.2, -0.15) is 0 Å². The Morgan fingerprint density at radius 1 is 1.30 bits per heavy atom. The van der Waals surface area contributed by atoms with Crippen LogP contribution in [0.1, 0.15) is 45.1 Å². The molecule has 0 saturated carbocycles. The molecule has 0 spiro atoms. The molecular formula is C18H26N4O. The Labute approximate surface area is 138 Å². The van der Waals surface area contributed by atoms with Crippen LogP contribution in [0.3, 0.4) is 0 Å². The van der Waals surface area contributed by atoms with Crippen molar-refractivity contribution < 1.29 is 4.74 Å². The minimum atomic E-state index is 0.315. The monoisotopic (exact) mass is 314 g/mol. The molecule has 1 heterocycles. The molecule has 1 atom stereocenters. The lowest BCUT2D eigenvalue weighted by Crippen LogP contribution is -2.27. The summed E-state index contributed by atoms with van der Waals surface area (Å²) in [4.78, 5) is 4.59. The summed E-state index contributed by atoms with van der Waals surface area (Å²) in [7, 11) is 0. The number of aromatic nitrogens is 2. The Balaban J connectivity index is 2.48. The Kier molecular flexibility index (Phi) is 6.35. The van der Waals surface area contributed by atoms with E-state index in [4.69, 9.17) is 10.1 Å². The van der Waals surface area contributed by atoms with Crippen molar-refractivity contribution in [2.75, 3.05) is 12.0 Å². The zero-order valence-electron chi connectivity index (χ0n) is 14.2. The van der Waals surface area contributed by atoms with Gasteiger partial charge >= 0.3 is 0 Å². The highest BCUT2D eigenvalue weighted by Crippen LogP contribution is 2.24. The molecule has 0 aliphatic heterocycles. The summed E-state index contributed by atoms with van der Waals surface area (Å²) in [6.45, 7) is 7.37. The number of ether oxygens (including phenoxy) is 1. The molecule has 5 nitrogen and oxygen atoms in total. The first kappa shape index (κ1) is 17.2. The molecule has 5 heteroatoms. The predicted molar refractivity (Wildman–Crippen MR) is 94.6 cm³/mol. The summed E-state index contributed by atoms with van der Waals surface area (Å²) in [5.41, 5.74) is 6.12. The first-order chi connectivity index (χ1) is 11.2. The molecule has 2 N–H and O–H groups in total. The van der Waals surface area contributed by atoms with Gasteiger partial charge in [0.05, 0.1) is 5.69 Å². The van der Waals surface area contributed by atoms with Crippen LogP contribution in [0, 0.1) is 5.41 Å². The molecule has 0 aliphatic rings. The summed E-state index contributed by atoms with van der Waals surface area (Å²) >= 11 is 0. The van der Waals surface area contributed by atoms with Crippen LogP contribution in [0.5, 0.6) is 0 Å². The average Bonchev–Trinajstić information content (AvgIpc) is 2.91. The van der Waals surface area contributed by atoms with Crippen LogP contribution in [0.15, 0.2) is 30.3 Å². The molecule has 1 aromatic heterocycles. The van der Waals surface area contributed by atoms with Crippen molar-refractivity contribution in [3.8, 4) is 11.3 Å². The van der Waals surface area contributed by atoms with E-state index >= 15 is 0 Å². The van der Waals surface area contributed by atoms with E-state index in [-0.39, 0.29) is 0 Å². The van der Waals surface area contributed by atoms with Crippen LogP contribution in [-0.4, -0.2) is 28.5 Å². The van der Waals surface area contributed by atoms with Crippen molar-refractivity contribution >= 4 is 6.21 Å². The maximum Gasteiger partial charge on any atom is 0.154 e. The van der Waals surface area contributed by atoms with Crippen molar-refractivity contribution in [2.24, 2.45) is 0 Å². The van der Waals surface area contributed by atoms with E-state index in [0.717, 1.165) is 29.9 Å². The minimum Gasteiger partial charge on any atom is -0.374 e. The number of imidazole rings is 1. The predicted octanol–water partition coefficient (Wildman–Crippen LogP) is 3.82. The smallest absolute Gasteiger partial charge is 0.154 e. The highest BCUT2D eigenvalue weighted by Gasteiger charge is 2.18. The fraction of sp³-hybridized carbons (Fsp3) is 0.444. The van der Waals surface area contributed by atoms with Gasteiger partial charge in [0.2, 0.25) is 0 Å². The SMILES string of the molecule is CCCC(C)Nn1c(COCC)nc(C=N)c1-c1ccccc1. The standard InChI is InChI=1S/C18H26N4O/c1-4-9-14(3)21-22-17(13-23-5-2)20-16(12-19)18(22)15-10-7-6-8-11-15/h6-8,10-12,14,19,21H,4-5,9,13H2,1-3H3. The summed E-state index contributed by atoms with van der Waals surface area (Å²) < 4.78 is 7.54. The summed E-state index contributed by atoms with van der Waals surface area (Å²) in [5, 5.41) is 7.71. The first-order valence-electron chi connectivity index (χ1n) is 8.23. The second kappa shape index (κ2) is 8.48. The fourth-order valence-electron chi connectivity index (χ4n) is 2.61. The van der Waals surface area contributed by atoms with Crippen molar-refractivity contribution in [1.82, 2.24) is 9.66 Å². The fourth-order valence-corrected chi connectivity index (χ4v) is 2.61.